The molecule has 0 aliphatic carbocycles. The molecule has 3 aromatic carbocycles. The summed E-state index contributed by atoms with van der Waals surface area (Å²) in [4.78, 5) is 45.0. The third-order valence-electron chi connectivity index (χ3n) is 8.91. The van der Waals surface area contributed by atoms with Crippen molar-refractivity contribution < 1.29 is 34.5 Å². The standard InChI is InChI=1S/C22H22N2O4.C19H17BrN2O3S/c1-13-11-16(22(23)28)3-7-18(13)24-17(6-10-21(26)27)5-8-19(24)15-4-9-20(25)14(2)12-15;1-11-8-12(19(21)25)2-5-15(11)22-14(4-7-18(23)24)3-6-16(22)13-9-17(20)26-10-13/h3-5,7-9,11-12,25H,6,10H2,1-2H3,(H2,23,28)(H,26,27);2-3,5-6,8-10H,4,7H2,1H3,(H2,21,25)(H,23,24). The molecule has 0 atom stereocenters. The number of carboxylic acids is 2. The van der Waals surface area contributed by atoms with Crippen LogP contribution >= 0.6 is 27.3 Å². The number of nitrogens with zero attached hydrogens (tertiary/aromatic N) is 2. The molecule has 6 rings (SSSR count). The van der Waals surface area contributed by atoms with Crippen LogP contribution in [0, 0.1) is 20.8 Å². The number of thiophene rings is 1. The average molecular weight is 812 g/mol. The number of benzene rings is 3. The molecule has 0 unspecified atom stereocenters. The normalized spacial score (nSPS) is 10.8. The van der Waals surface area contributed by atoms with Crippen LogP contribution in [-0.2, 0) is 22.4 Å². The van der Waals surface area contributed by atoms with Gasteiger partial charge in [0.15, 0.2) is 0 Å². The summed E-state index contributed by atoms with van der Waals surface area (Å²) in [6, 6.07) is 25.7. The first-order chi connectivity index (χ1) is 25.6. The number of carbonyl (C=O) groups is 4. The van der Waals surface area contributed by atoms with Gasteiger partial charge in [0.2, 0.25) is 11.8 Å². The lowest BCUT2D eigenvalue weighted by Crippen LogP contribution is -2.12. The minimum Gasteiger partial charge on any atom is -0.508 e. The summed E-state index contributed by atoms with van der Waals surface area (Å²) in [7, 11) is 0. The highest BCUT2D eigenvalue weighted by atomic mass is 79.9. The molecule has 7 N–H and O–H groups in total. The lowest BCUT2D eigenvalue weighted by molar-refractivity contribution is -0.138. The fourth-order valence-electron chi connectivity index (χ4n) is 6.22. The van der Waals surface area contributed by atoms with E-state index in [1.54, 1.807) is 41.7 Å². The van der Waals surface area contributed by atoms with Crippen molar-refractivity contribution in [3.05, 3.63) is 133 Å². The number of rotatable bonds is 12. The predicted molar refractivity (Wildman–Crippen MR) is 213 cm³/mol. The van der Waals surface area contributed by atoms with Crippen molar-refractivity contribution >= 4 is 51.0 Å². The second-order valence-corrected chi connectivity index (χ2v) is 15.0. The lowest BCUT2D eigenvalue weighted by Gasteiger charge is -2.17. The number of halogens is 1. The summed E-state index contributed by atoms with van der Waals surface area (Å²) in [6.45, 7) is 5.62. The first-order valence-electron chi connectivity index (χ1n) is 16.9. The number of carboxylic acid groups (broad SMARTS) is 2. The Bertz CT molecular complexity index is 2390. The van der Waals surface area contributed by atoms with Crippen LogP contribution in [0.5, 0.6) is 5.75 Å². The van der Waals surface area contributed by atoms with Gasteiger partial charge in [0.05, 0.1) is 28.0 Å². The van der Waals surface area contributed by atoms with Crippen LogP contribution in [-0.4, -0.2) is 48.2 Å². The van der Waals surface area contributed by atoms with Gasteiger partial charge >= 0.3 is 11.9 Å². The van der Waals surface area contributed by atoms with Crippen LogP contribution in [0.1, 0.15) is 61.6 Å². The highest BCUT2D eigenvalue weighted by Crippen LogP contribution is 2.35. The van der Waals surface area contributed by atoms with Crippen molar-refractivity contribution in [1.29, 1.82) is 0 Å². The number of primary amides is 2. The summed E-state index contributed by atoms with van der Waals surface area (Å²) in [6.07, 6.45) is 0.840. The van der Waals surface area contributed by atoms with Crippen molar-refractivity contribution in [3.63, 3.8) is 0 Å². The highest BCUT2D eigenvalue weighted by molar-refractivity contribution is 9.11. The number of phenols is 1. The van der Waals surface area contributed by atoms with E-state index in [-0.39, 0.29) is 18.6 Å². The molecule has 3 aromatic heterocycles. The summed E-state index contributed by atoms with van der Waals surface area (Å²) < 4.78 is 5.07. The molecule has 0 fully saturated rings. The molecular weight excluding hydrogens is 772 g/mol. The Labute approximate surface area is 324 Å². The zero-order valence-electron chi connectivity index (χ0n) is 29.8. The molecule has 0 aliphatic rings. The van der Waals surface area contributed by atoms with E-state index in [0.29, 0.717) is 24.0 Å². The summed E-state index contributed by atoms with van der Waals surface area (Å²) in [5, 5.41) is 30.0. The van der Waals surface area contributed by atoms with E-state index in [0.717, 1.165) is 65.8 Å². The SMILES string of the molecule is Cc1cc(-c2ccc(CCC(=O)O)n2-c2ccc(C(N)=O)cc2C)ccc1O.Cc1cc(C(N)=O)ccc1-n1c(CCC(=O)O)ccc1-c1csc(Br)c1. The van der Waals surface area contributed by atoms with Gasteiger partial charge in [-0.1, -0.05) is 0 Å². The van der Waals surface area contributed by atoms with Gasteiger partial charge in [-0.2, -0.15) is 0 Å². The van der Waals surface area contributed by atoms with Crippen molar-refractivity contribution in [2.75, 3.05) is 0 Å². The Kier molecular flexibility index (Phi) is 12.2. The molecule has 0 aliphatic heterocycles. The zero-order chi connectivity index (χ0) is 39.3. The summed E-state index contributed by atoms with van der Waals surface area (Å²) in [5.41, 5.74) is 21.4. The smallest absolute Gasteiger partial charge is 0.303 e. The number of hydrogen-bond acceptors (Lipinski definition) is 6. The van der Waals surface area contributed by atoms with E-state index in [1.165, 1.54) is 0 Å². The number of aromatic hydroxyl groups is 1. The summed E-state index contributed by atoms with van der Waals surface area (Å²) in [5.74, 6) is -2.45. The fourth-order valence-corrected chi connectivity index (χ4v) is 7.37. The summed E-state index contributed by atoms with van der Waals surface area (Å²) >= 11 is 5.08. The third-order valence-corrected chi connectivity index (χ3v) is 10.4. The van der Waals surface area contributed by atoms with Gasteiger partial charge in [0, 0.05) is 44.8 Å². The van der Waals surface area contributed by atoms with Crippen LogP contribution < -0.4 is 11.5 Å². The maximum Gasteiger partial charge on any atom is 0.303 e. The first kappa shape index (κ1) is 39.3. The molecule has 0 bridgehead atoms. The number of hydrogen-bond donors (Lipinski definition) is 5. The Morgan fingerprint density at radius 1 is 0.630 bits per heavy atom. The monoisotopic (exact) mass is 810 g/mol. The molecule has 0 saturated heterocycles. The molecule has 3 heterocycles. The van der Waals surface area contributed by atoms with Gasteiger partial charge < -0.3 is 35.9 Å². The number of amides is 2. The quantitative estimate of drug-likeness (QED) is 0.0828. The van der Waals surface area contributed by atoms with Crippen molar-refractivity contribution in [2.45, 2.75) is 46.5 Å². The van der Waals surface area contributed by atoms with E-state index in [4.69, 9.17) is 21.7 Å². The maximum atomic E-state index is 11.5. The fraction of sp³-hybridized carbons (Fsp3) is 0.171. The molecule has 0 radical (unpaired) electrons. The van der Waals surface area contributed by atoms with Crippen LogP contribution in [0.3, 0.4) is 0 Å². The van der Waals surface area contributed by atoms with Crippen LogP contribution in [0.2, 0.25) is 0 Å². The van der Waals surface area contributed by atoms with Crippen molar-refractivity contribution in [2.24, 2.45) is 11.5 Å². The van der Waals surface area contributed by atoms with Gasteiger partial charge in [0.1, 0.15) is 5.75 Å². The molecule has 278 valence electrons. The lowest BCUT2D eigenvalue weighted by atomic mass is 10.1. The van der Waals surface area contributed by atoms with Crippen LogP contribution in [0.4, 0.5) is 0 Å². The Balaban J connectivity index is 0.000000208. The minimum absolute atomic E-state index is 0.0104. The van der Waals surface area contributed by atoms with E-state index in [9.17, 15) is 24.3 Å². The molecule has 11 nitrogen and oxygen atoms in total. The molecule has 0 spiro atoms. The third kappa shape index (κ3) is 8.99. The highest BCUT2D eigenvalue weighted by Gasteiger charge is 2.18. The van der Waals surface area contributed by atoms with Gasteiger partial charge in [0.25, 0.3) is 0 Å². The largest absolute Gasteiger partial charge is 0.508 e. The maximum absolute atomic E-state index is 11.5. The van der Waals surface area contributed by atoms with Crippen LogP contribution in [0.15, 0.2) is 94.1 Å². The number of nitrogens with two attached hydrogens (primary N) is 2. The molecule has 0 saturated carbocycles. The van der Waals surface area contributed by atoms with Gasteiger partial charge in [-0.3, -0.25) is 19.2 Å². The van der Waals surface area contributed by atoms with Gasteiger partial charge in [-0.05, 0) is 157 Å². The zero-order valence-corrected chi connectivity index (χ0v) is 32.2. The Hall–Kier alpha value is -5.92. The van der Waals surface area contributed by atoms with E-state index < -0.39 is 23.8 Å². The number of carbonyl (C=O) groups excluding carboxylic acids is 2. The number of phenolic OH excluding ortho intramolecular Hbond substituents is 1. The molecule has 2 amide bonds. The molecule has 13 heteroatoms. The van der Waals surface area contributed by atoms with E-state index in [2.05, 4.69) is 20.5 Å². The van der Waals surface area contributed by atoms with Gasteiger partial charge in [-0.25, -0.2) is 0 Å². The predicted octanol–water partition coefficient (Wildman–Crippen LogP) is 7.98. The first-order valence-corrected chi connectivity index (χ1v) is 18.5. The molecular formula is C41H39BrN4O7S. The van der Waals surface area contributed by atoms with E-state index >= 15 is 0 Å². The Morgan fingerprint density at radius 2 is 1.11 bits per heavy atom. The Morgan fingerprint density at radius 3 is 1.50 bits per heavy atom. The number of aliphatic carboxylic acids is 2. The topological polar surface area (TPSA) is 191 Å². The van der Waals surface area contributed by atoms with Gasteiger partial charge in [-0.15, -0.1) is 11.3 Å². The molecule has 54 heavy (non-hydrogen) atoms. The second-order valence-electron chi connectivity index (χ2n) is 12.7. The van der Waals surface area contributed by atoms with Crippen molar-refractivity contribution in [3.8, 4) is 39.6 Å². The number of aryl methyl sites for hydroxylation is 5. The molecule has 6 aromatic rings. The number of aromatic nitrogens is 2. The van der Waals surface area contributed by atoms with E-state index in [1.807, 2.05) is 85.3 Å². The average Bonchev–Trinajstić information content (AvgIpc) is 3.86. The minimum atomic E-state index is -0.865. The van der Waals surface area contributed by atoms with Crippen LogP contribution in [0.25, 0.3) is 33.9 Å². The van der Waals surface area contributed by atoms with Crippen molar-refractivity contribution in [1.82, 2.24) is 9.13 Å². The second kappa shape index (κ2) is 16.8.